The summed E-state index contributed by atoms with van der Waals surface area (Å²) >= 11 is 0. The summed E-state index contributed by atoms with van der Waals surface area (Å²) in [6, 6.07) is 0. The molecule has 4 heteroatoms. The minimum absolute atomic E-state index is 0.0223. The molecule has 1 aliphatic heterocycles. The molecule has 1 saturated heterocycles. The van der Waals surface area contributed by atoms with E-state index in [9.17, 15) is 9.59 Å². The first-order valence-electron chi connectivity index (χ1n) is 10.2. The molecular formula is C21H30O4. The molecule has 5 fully saturated rings. The topological polar surface area (TPSA) is 55.9 Å². The molecule has 0 N–H and O–H groups in total. The summed E-state index contributed by atoms with van der Waals surface area (Å²) < 4.78 is 12.0. The van der Waals surface area contributed by atoms with Crippen molar-refractivity contribution in [3.63, 3.8) is 0 Å². The number of rotatable bonds is 1. The summed E-state index contributed by atoms with van der Waals surface area (Å²) in [6.45, 7) is 6.18. The molecule has 0 radical (unpaired) electrons. The van der Waals surface area contributed by atoms with E-state index in [4.69, 9.17) is 9.47 Å². The van der Waals surface area contributed by atoms with Gasteiger partial charge in [0.1, 0.15) is 17.5 Å². The Morgan fingerprint density at radius 2 is 1.96 bits per heavy atom. The Labute approximate surface area is 150 Å². The van der Waals surface area contributed by atoms with E-state index >= 15 is 0 Å². The van der Waals surface area contributed by atoms with Crippen LogP contribution < -0.4 is 0 Å². The normalized spacial score (nSPS) is 56.3. The molecule has 5 aliphatic rings. The maximum atomic E-state index is 12.5. The average Bonchev–Trinajstić information content (AvgIpc) is 3.15. The van der Waals surface area contributed by atoms with Gasteiger partial charge in [-0.3, -0.25) is 9.59 Å². The molecule has 0 aromatic rings. The van der Waals surface area contributed by atoms with Gasteiger partial charge in [0.2, 0.25) is 0 Å². The summed E-state index contributed by atoms with van der Waals surface area (Å²) in [5.74, 6) is 2.19. The summed E-state index contributed by atoms with van der Waals surface area (Å²) in [5, 5.41) is 0. The molecule has 4 aliphatic carbocycles. The standard InChI is InChI=1S/C21H30O4/c1-12(22)24-13-6-9-20(3)16-7-8-19(2)15(4-5-17(19)23)14(16)10-18-21(20,11-13)25-18/h13-16,18H,4-11H2,1-3H3/t13?,14-,15-,16-,18-,19-,20+,21-/m0/s1. The van der Waals surface area contributed by atoms with E-state index in [1.165, 1.54) is 6.92 Å². The molecule has 0 aromatic heterocycles. The van der Waals surface area contributed by atoms with Crippen molar-refractivity contribution >= 4 is 11.8 Å². The second-order valence-corrected chi connectivity index (χ2v) is 9.92. The van der Waals surface area contributed by atoms with Gasteiger partial charge in [0.25, 0.3) is 0 Å². The lowest BCUT2D eigenvalue weighted by Crippen LogP contribution is -2.58. The SMILES string of the molecule is CC(=O)OC1CC[C@]2(C)[C@H]3CC[C@]4(C)C(=O)CC[C@H]4[C@@H]3C[C@@H]3O[C@@]32C1. The Morgan fingerprint density at radius 3 is 2.72 bits per heavy atom. The first-order chi connectivity index (χ1) is 11.8. The van der Waals surface area contributed by atoms with Gasteiger partial charge in [-0.05, 0) is 56.3 Å². The minimum atomic E-state index is -0.172. The number of esters is 1. The van der Waals surface area contributed by atoms with E-state index in [2.05, 4.69) is 13.8 Å². The van der Waals surface area contributed by atoms with Gasteiger partial charge < -0.3 is 9.47 Å². The summed E-state index contributed by atoms with van der Waals surface area (Å²) in [6.07, 6.45) is 8.45. The smallest absolute Gasteiger partial charge is 0.302 e. The maximum Gasteiger partial charge on any atom is 0.302 e. The molecule has 0 bridgehead atoms. The monoisotopic (exact) mass is 346 g/mol. The van der Waals surface area contributed by atoms with E-state index < -0.39 is 0 Å². The van der Waals surface area contributed by atoms with Gasteiger partial charge in [0.15, 0.2) is 0 Å². The van der Waals surface area contributed by atoms with Crippen molar-refractivity contribution < 1.29 is 19.1 Å². The van der Waals surface area contributed by atoms with Crippen LogP contribution in [0.1, 0.15) is 72.1 Å². The van der Waals surface area contributed by atoms with Crippen LogP contribution in [-0.4, -0.2) is 29.6 Å². The highest BCUT2D eigenvalue weighted by Crippen LogP contribution is 2.73. The van der Waals surface area contributed by atoms with Crippen molar-refractivity contribution in [2.24, 2.45) is 28.6 Å². The number of hydrogen-bond acceptors (Lipinski definition) is 4. The Morgan fingerprint density at radius 1 is 1.16 bits per heavy atom. The highest BCUT2D eigenvalue weighted by Gasteiger charge is 2.76. The summed E-state index contributed by atoms with van der Waals surface area (Å²) in [4.78, 5) is 23.9. The average molecular weight is 346 g/mol. The molecule has 25 heavy (non-hydrogen) atoms. The predicted molar refractivity (Wildman–Crippen MR) is 91.8 cm³/mol. The van der Waals surface area contributed by atoms with Crippen LogP contribution in [0.15, 0.2) is 0 Å². The van der Waals surface area contributed by atoms with E-state index in [0.717, 1.165) is 51.4 Å². The molecule has 4 saturated carbocycles. The number of carbonyl (C=O) groups is 2. The highest BCUT2D eigenvalue weighted by atomic mass is 16.6. The summed E-state index contributed by atoms with van der Waals surface area (Å²) in [7, 11) is 0. The van der Waals surface area contributed by atoms with Crippen LogP contribution in [0.3, 0.4) is 0 Å². The van der Waals surface area contributed by atoms with Crippen LogP contribution >= 0.6 is 0 Å². The predicted octanol–water partition coefficient (Wildman–Crippen LogP) is 3.66. The zero-order valence-electron chi connectivity index (χ0n) is 15.7. The van der Waals surface area contributed by atoms with Gasteiger partial charge in [-0.15, -0.1) is 0 Å². The first-order valence-corrected chi connectivity index (χ1v) is 10.2. The number of ketones is 1. The van der Waals surface area contributed by atoms with E-state index in [1.54, 1.807) is 0 Å². The summed E-state index contributed by atoms with van der Waals surface area (Å²) in [5.41, 5.74) is 0.0500. The second kappa shape index (κ2) is 4.88. The van der Waals surface area contributed by atoms with E-state index in [-0.39, 0.29) is 28.5 Å². The van der Waals surface area contributed by atoms with Crippen LogP contribution in [0.5, 0.6) is 0 Å². The van der Waals surface area contributed by atoms with Crippen molar-refractivity contribution in [2.75, 3.05) is 0 Å². The molecule has 0 amide bonds. The molecule has 8 atom stereocenters. The fourth-order valence-electron chi connectivity index (χ4n) is 7.75. The largest absolute Gasteiger partial charge is 0.462 e. The van der Waals surface area contributed by atoms with Crippen molar-refractivity contribution in [3.8, 4) is 0 Å². The Bertz CT molecular complexity index is 644. The van der Waals surface area contributed by atoms with Crippen molar-refractivity contribution in [1.82, 2.24) is 0 Å². The molecule has 1 spiro atoms. The van der Waals surface area contributed by atoms with Crippen LogP contribution in [0.4, 0.5) is 0 Å². The molecule has 138 valence electrons. The van der Waals surface area contributed by atoms with Crippen molar-refractivity contribution in [3.05, 3.63) is 0 Å². The van der Waals surface area contributed by atoms with Crippen LogP contribution in [0.2, 0.25) is 0 Å². The highest BCUT2D eigenvalue weighted by molar-refractivity contribution is 5.87. The molecule has 1 heterocycles. The molecular weight excluding hydrogens is 316 g/mol. The minimum Gasteiger partial charge on any atom is -0.462 e. The Hall–Kier alpha value is -0.900. The van der Waals surface area contributed by atoms with Gasteiger partial charge in [-0.25, -0.2) is 0 Å². The van der Waals surface area contributed by atoms with Crippen LogP contribution in [0.25, 0.3) is 0 Å². The Balaban J connectivity index is 1.44. The van der Waals surface area contributed by atoms with Gasteiger partial charge in [0, 0.05) is 30.6 Å². The number of epoxide rings is 1. The Kier molecular flexibility index (Phi) is 3.18. The van der Waals surface area contributed by atoms with Gasteiger partial charge in [0.05, 0.1) is 6.10 Å². The van der Waals surface area contributed by atoms with Crippen molar-refractivity contribution in [2.45, 2.75) is 89.9 Å². The zero-order chi connectivity index (χ0) is 17.6. The first kappa shape index (κ1) is 16.3. The molecule has 1 unspecified atom stereocenters. The van der Waals surface area contributed by atoms with Gasteiger partial charge in [-0.1, -0.05) is 13.8 Å². The number of carbonyl (C=O) groups excluding carboxylic acids is 2. The third-order valence-electron chi connectivity index (χ3n) is 9.08. The van der Waals surface area contributed by atoms with Crippen LogP contribution in [-0.2, 0) is 19.1 Å². The van der Waals surface area contributed by atoms with Crippen LogP contribution in [0, 0.1) is 28.6 Å². The van der Waals surface area contributed by atoms with Crippen molar-refractivity contribution in [1.29, 1.82) is 0 Å². The number of fused-ring (bicyclic) bond motifs is 4. The zero-order valence-corrected chi connectivity index (χ0v) is 15.7. The van der Waals surface area contributed by atoms with E-state index in [1.807, 2.05) is 0 Å². The molecule has 4 nitrogen and oxygen atoms in total. The quantitative estimate of drug-likeness (QED) is 0.537. The fraction of sp³-hybridized carbons (Fsp3) is 0.905. The lowest BCUT2D eigenvalue weighted by molar-refractivity contribution is -0.157. The second-order valence-electron chi connectivity index (χ2n) is 9.92. The fourth-order valence-corrected chi connectivity index (χ4v) is 7.75. The molecule has 5 rings (SSSR count). The van der Waals surface area contributed by atoms with E-state index in [0.29, 0.717) is 29.6 Å². The lowest BCUT2D eigenvalue weighted by Gasteiger charge is -2.58. The third kappa shape index (κ3) is 1.92. The third-order valence-corrected chi connectivity index (χ3v) is 9.08. The number of hydrogen-bond donors (Lipinski definition) is 0. The number of ether oxygens (including phenoxy) is 2. The van der Waals surface area contributed by atoms with Gasteiger partial charge >= 0.3 is 5.97 Å². The maximum absolute atomic E-state index is 12.5. The van der Waals surface area contributed by atoms with Gasteiger partial charge in [-0.2, -0.15) is 0 Å². The molecule has 0 aromatic carbocycles. The lowest BCUT2D eigenvalue weighted by atomic mass is 9.45. The number of Topliss-reactive ketones (excluding diaryl/α,β-unsaturated/α-hetero) is 1.